The number of hydrogen-bond acceptors (Lipinski definition) is 2. The molecule has 2 heteroatoms. The Morgan fingerprint density at radius 3 is 2.55 bits per heavy atom. The van der Waals surface area contributed by atoms with Crippen molar-refractivity contribution in [1.29, 1.82) is 0 Å². The minimum absolute atomic E-state index is 0.751. The van der Waals surface area contributed by atoms with E-state index in [1.807, 2.05) is 24.3 Å². The molecule has 0 bridgehead atoms. The number of nitrogens with two attached hydrogens (primary N) is 1. The van der Waals surface area contributed by atoms with Crippen LogP contribution in [-0.2, 0) is 0 Å². The topological polar surface area (TPSA) is 29.3 Å². The second-order valence-electron chi connectivity index (χ2n) is 5.82. The SMILES string of the molecule is C=C(C=CC=C(C)C)CN(C)c1cccc(N)c1C(=C)CC. The third-order valence-electron chi connectivity index (χ3n) is 3.47. The van der Waals surface area contributed by atoms with Gasteiger partial charge in [-0.2, -0.15) is 0 Å². The molecule has 0 spiro atoms. The lowest BCUT2D eigenvalue weighted by atomic mass is 10.00. The molecule has 0 atom stereocenters. The van der Waals surface area contributed by atoms with E-state index in [0.29, 0.717) is 0 Å². The summed E-state index contributed by atoms with van der Waals surface area (Å²) in [5, 5.41) is 0. The van der Waals surface area contributed by atoms with Crippen molar-refractivity contribution in [2.45, 2.75) is 27.2 Å². The highest BCUT2D eigenvalue weighted by molar-refractivity contribution is 5.84. The number of rotatable bonds is 7. The van der Waals surface area contributed by atoms with Crippen LogP contribution >= 0.6 is 0 Å². The molecule has 0 radical (unpaired) electrons. The molecule has 0 heterocycles. The molecule has 1 aromatic carbocycles. The predicted molar refractivity (Wildman–Crippen MR) is 101 cm³/mol. The molecule has 1 aromatic rings. The van der Waals surface area contributed by atoms with Crippen LogP contribution in [0.5, 0.6) is 0 Å². The molecule has 0 aromatic heterocycles. The normalized spacial score (nSPS) is 10.5. The quantitative estimate of drug-likeness (QED) is 0.553. The van der Waals surface area contributed by atoms with Gasteiger partial charge in [0.05, 0.1) is 0 Å². The molecule has 118 valence electrons. The molecule has 1 rings (SSSR count). The highest BCUT2D eigenvalue weighted by Gasteiger charge is 2.12. The van der Waals surface area contributed by atoms with E-state index in [4.69, 9.17) is 5.73 Å². The first-order valence-corrected chi connectivity index (χ1v) is 7.64. The summed E-state index contributed by atoms with van der Waals surface area (Å²) in [7, 11) is 2.06. The highest BCUT2D eigenvalue weighted by atomic mass is 15.1. The summed E-state index contributed by atoms with van der Waals surface area (Å²) < 4.78 is 0. The maximum absolute atomic E-state index is 6.15. The number of likely N-dealkylation sites (N-methyl/N-ethyl adjacent to an activating group) is 1. The first-order chi connectivity index (χ1) is 10.4. The summed E-state index contributed by atoms with van der Waals surface area (Å²) in [5.41, 5.74) is 12.5. The van der Waals surface area contributed by atoms with Crippen LogP contribution < -0.4 is 10.6 Å². The second-order valence-corrected chi connectivity index (χ2v) is 5.82. The zero-order chi connectivity index (χ0) is 16.7. The van der Waals surface area contributed by atoms with Gasteiger partial charge in [-0.25, -0.2) is 0 Å². The molecule has 0 saturated heterocycles. The van der Waals surface area contributed by atoms with Crippen molar-refractivity contribution >= 4 is 16.9 Å². The van der Waals surface area contributed by atoms with E-state index in [2.05, 4.69) is 58.0 Å². The van der Waals surface area contributed by atoms with E-state index in [0.717, 1.165) is 41.1 Å². The Morgan fingerprint density at radius 1 is 1.27 bits per heavy atom. The maximum atomic E-state index is 6.15. The summed E-state index contributed by atoms with van der Waals surface area (Å²) in [4.78, 5) is 2.17. The molecule has 22 heavy (non-hydrogen) atoms. The number of nitrogens with zero attached hydrogens (tertiary/aromatic N) is 1. The first-order valence-electron chi connectivity index (χ1n) is 7.64. The van der Waals surface area contributed by atoms with E-state index in [1.165, 1.54) is 5.57 Å². The molecular formula is C20H28N2. The van der Waals surface area contributed by atoms with E-state index in [9.17, 15) is 0 Å². The lowest BCUT2D eigenvalue weighted by Gasteiger charge is -2.24. The van der Waals surface area contributed by atoms with Gasteiger partial charge in [-0.05, 0) is 43.5 Å². The number of benzene rings is 1. The molecule has 2 nitrogen and oxygen atoms in total. The average molecular weight is 296 g/mol. The van der Waals surface area contributed by atoms with Crippen molar-refractivity contribution in [3.05, 3.63) is 66.3 Å². The van der Waals surface area contributed by atoms with E-state index in [1.54, 1.807) is 0 Å². The van der Waals surface area contributed by atoms with Gasteiger partial charge in [0.25, 0.3) is 0 Å². The Hall–Kier alpha value is -2.22. The Labute approximate surface area is 135 Å². The van der Waals surface area contributed by atoms with Crippen LogP contribution in [0.25, 0.3) is 5.57 Å². The minimum atomic E-state index is 0.751. The molecule has 2 N–H and O–H groups in total. The first kappa shape index (κ1) is 17.8. The Kier molecular flexibility index (Phi) is 6.71. The van der Waals surface area contributed by atoms with Gasteiger partial charge >= 0.3 is 0 Å². The standard InChI is InChI=1S/C20H28N2/c1-7-17(5)20-18(21)12-9-13-19(20)22(6)14-16(4)11-8-10-15(2)3/h8-13H,4-5,7,14,21H2,1-3,6H3. The van der Waals surface area contributed by atoms with Crippen LogP contribution in [0.4, 0.5) is 11.4 Å². The Balaban J connectivity index is 2.95. The van der Waals surface area contributed by atoms with Gasteiger partial charge in [0, 0.05) is 30.5 Å². The van der Waals surface area contributed by atoms with Crippen molar-refractivity contribution < 1.29 is 0 Å². The largest absolute Gasteiger partial charge is 0.398 e. The number of anilines is 2. The highest BCUT2D eigenvalue weighted by Crippen LogP contribution is 2.32. The molecule has 0 amide bonds. The molecule has 0 aliphatic rings. The zero-order valence-corrected chi connectivity index (χ0v) is 14.3. The van der Waals surface area contributed by atoms with Crippen LogP contribution in [0.3, 0.4) is 0 Å². The van der Waals surface area contributed by atoms with Gasteiger partial charge in [-0.15, -0.1) is 0 Å². The van der Waals surface area contributed by atoms with Gasteiger partial charge in [0.2, 0.25) is 0 Å². The van der Waals surface area contributed by atoms with Crippen LogP contribution in [-0.4, -0.2) is 13.6 Å². The van der Waals surface area contributed by atoms with Gasteiger partial charge in [-0.3, -0.25) is 0 Å². The van der Waals surface area contributed by atoms with Crippen LogP contribution in [0.2, 0.25) is 0 Å². The third kappa shape index (κ3) is 4.96. The smallest absolute Gasteiger partial charge is 0.0463 e. The van der Waals surface area contributed by atoms with Gasteiger partial charge in [0.1, 0.15) is 0 Å². The molecule has 0 fully saturated rings. The van der Waals surface area contributed by atoms with Crippen molar-refractivity contribution in [1.82, 2.24) is 0 Å². The van der Waals surface area contributed by atoms with Gasteiger partial charge in [-0.1, -0.05) is 49.9 Å². The number of hydrogen-bond donors (Lipinski definition) is 1. The summed E-state index contributed by atoms with van der Waals surface area (Å²) >= 11 is 0. The third-order valence-corrected chi connectivity index (χ3v) is 3.47. The summed E-state index contributed by atoms with van der Waals surface area (Å²) in [6.07, 6.45) is 7.05. The van der Waals surface area contributed by atoms with Gasteiger partial charge in [0.15, 0.2) is 0 Å². The van der Waals surface area contributed by atoms with Crippen LogP contribution in [0.1, 0.15) is 32.8 Å². The van der Waals surface area contributed by atoms with Crippen molar-refractivity contribution in [3.63, 3.8) is 0 Å². The molecule has 0 aliphatic carbocycles. The number of nitrogen functional groups attached to an aromatic ring is 1. The van der Waals surface area contributed by atoms with E-state index < -0.39 is 0 Å². The fraction of sp³-hybridized carbons (Fsp3) is 0.300. The molecule has 0 aliphatic heterocycles. The lowest BCUT2D eigenvalue weighted by molar-refractivity contribution is 1.00. The van der Waals surface area contributed by atoms with Crippen molar-refractivity contribution in [3.8, 4) is 0 Å². The zero-order valence-electron chi connectivity index (χ0n) is 14.3. The fourth-order valence-corrected chi connectivity index (χ4v) is 2.26. The van der Waals surface area contributed by atoms with E-state index >= 15 is 0 Å². The lowest BCUT2D eigenvalue weighted by Crippen LogP contribution is -2.21. The summed E-state index contributed by atoms with van der Waals surface area (Å²) in [6, 6.07) is 5.99. The predicted octanol–water partition coefficient (Wildman–Crippen LogP) is 5.21. The maximum Gasteiger partial charge on any atom is 0.0463 e. The molecule has 0 unspecified atom stereocenters. The Morgan fingerprint density at radius 2 is 1.95 bits per heavy atom. The molecular weight excluding hydrogens is 268 g/mol. The second kappa shape index (κ2) is 8.28. The van der Waals surface area contributed by atoms with Crippen molar-refractivity contribution in [2.24, 2.45) is 0 Å². The minimum Gasteiger partial charge on any atom is -0.398 e. The average Bonchev–Trinajstić information content (AvgIpc) is 2.45. The van der Waals surface area contributed by atoms with Crippen molar-refractivity contribution in [2.75, 3.05) is 24.2 Å². The van der Waals surface area contributed by atoms with Crippen LogP contribution in [0, 0.1) is 0 Å². The molecule has 0 saturated carbocycles. The Bertz CT molecular complexity index is 602. The number of allylic oxidation sites excluding steroid dienone is 4. The summed E-state index contributed by atoms with van der Waals surface area (Å²) in [5.74, 6) is 0. The van der Waals surface area contributed by atoms with E-state index in [-0.39, 0.29) is 0 Å². The fourth-order valence-electron chi connectivity index (χ4n) is 2.26. The van der Waals surface area contributed by atoms with Gasteiger partial charge < -0.3 is 10.6 Å². The summed E-state index contributed by atoms with van der Waals surface area (Å²) in [6.45, 7) is 15.3. The monoisotopic (exact) mass is 296 g/mol. The van der Waals surface area contributed by atoms with Crippen LogP contribution in [0.15, 0.2) is 60.7 Å².